The summed E-state index contributed by atoms with van der Waals surface area (Å²) in [6, 6.07) is 7.63. The van der Waals surface area contributed by atoms with Crippen LogP contribution in [0.15, 0.2) is 24.3 Å². The van der Waals surface area contributed by atoms with E-state index in [1.165, 1.54) is 0 Å². The van der Waals surface area contributed by atoms with Crippen LogP contribution in [0.25, 0.3) is 0 Å². The van der Waals surface area contributed by atoms with Crippen LogP contribution in [0.3, 0.4) is 0 Å². The van der Waals surface area contributed by atoms with Crippen LogP contribution in [-0.4, -0.2) is 19.0 Å². The number of aryl methyl sites for hydroxylation is 1. The molecular formula is C15H24N2O. The van der Waals surface area contributed by atoms with Crippen LogP contribution in [0.5, 0.6) is 0 Å². The zero-order valence-corrected chi connectivity index (χ0v) is 11.6. The number of benzene rings is 1. The Kier molecular flexibility index (Phi) is 5.35. The molecule has 3 heteroatoms. The summed E-state index contributed by atoms with van der Waals surface area (Å²) in [6.07, 6.45) is 1.96. The molecule has 0 saturated carbocycles. The van der Waals surface area contributed by atoms with E-state index in [-0.39, 0.29) is 11.3 Å². The highest BCUT2D eigenvalue weighted by atomic mass is 16.1. The quantitative estimate of drug-likeness (QED) is 0.812. The molecule has 1 aromatic rings. The summed E-state index contributed by atoms with van der Waals surface area (Å²) in [6.45, 7) is 7.44. The van der Waals surface area contributed by atoms with E-state index in [0.717, 1.165) is 24.0 Å². The molecule has 1 rings (SSSR count). The van der Waals surface area contributed by atoms with Crippen molar-refractivity contribution in [1.29, 1.82) is 0 Å². The molecule has 0 atom stereocenters. The maximum Gasteiger partial charge on any atom is 0.251 e. The Hall–Kier alpha value is -1.35. The molecule has 0 radical (unpaired) electrons. The Morgan fingerprint density at radius 3 is 2.39 bits per heavy atom. The number of nitrogens with two attached hydrogens (primary N) is 1. The smallest absolute Gasteiger partial charge is 0.251 e. The van der Waals surface area contributed by atoms with E-state index in [2.05, 4.69) is 19.2 Å². The van der Waals surface area contributed by atoms with Gasteiger partial charge in [-0.2, -0.15) is 0 Å². The van der Waals surface area contributed by atoms with Crippen LogP contribution in [-0.2, 0) is 0 Å². The maximum absolute atomic E-state index is 12.1. The second-order valence-corrected chi connectivity index (χ2v) is 4.91. The molecule has 3 nitrogen and oxygen atoms in total. The van der Waals surface area contributed by atoms with Crippen molar-refractivity contribution in [2.75, 3.05) is 13.1 Å². The van der Waals surface area contributed by atoms with Gasteiger partial charge in [0.25, 0.3) is 5.91 Å². The highest BCUT2D eigenvalue weighted by Crippen LogP contribution is 2.23. The van der Waals surface area contributed by atoms with Gasteiger partial charge in [0.1, 0.15) is 0 Å². The molecule has 0 fully saturated rings. The molecule has 0 aliphatic carbocycles. The minimum atomic E-state index is -0.00664. The molecule has 0 aliphatic rings. The lowest BCUT2D eigenvalue weighted by Crippen LogP contribution is -2.41. The van der Waals surface area contributed by atoms with E-state index in [4.69, 9.17) is 5.73 Å². The van der Waals surface area contributed by atoms with Gasteiger partial charge in [-0.3, -0.25) is 4.79 Å². The average Bonchev–Trinajstić information content (AvgIpc) is 2.41. The van der Waals surface area contributed by atoms with Gasteiger partial charge in [-0.1, -0.05) is 32.0 Å². The second kappa shape index (κ2) is 6.55. The predicted molar refractivity (Wildman–Crippen MR) is 75.6 cm³/mol. The van der Waals surface area contributed by atoms with E-state index in [1.54, 1.807) is 0 Å². The third-order valence-electron chi connectivity index (χ3n) is 3.95. The molecule has 1 aromatic carbocycles. The van der Waals surface area contributed by atoms with Crippen molar-refractivity contribution < 1.29 is 4.79 Å². The maximum atomic E-state index is 12.1. The summed E-state index contributed by atoms with van der Waals surface area (Å²) in [5.74, 6) is -0.00664. The van der Waals surface area contributed by atoms with Gasteiger partial charge in [-0.05, 0) is 43.4 Å². The number of hydrogen-bond donors (Lipinski definition) is 2. The van der Waals surface area contributed by atoms with Gasteiger partial charge in [0.2, 0.25) is 0 Å². The number of amides is 1. The van der Waals surface area contributed by atoms with E-state index in [9.17, 15) is 4.79 Å². The first-order valence-electron chi connectivity index (χ1n) is 6.62. The van der Waals surface area contributed by atoms with Gasteiger partial charge >= 0.3 is 0 Å². The molecule has 0 heterocycles. The fourth-order valence-electron chi connectivity index (χ4n) is 2.05. The summed E-state index contributed by atoms with van der Waals surface area (Å²) in [7, 11) is 0. The summed E-state index contributed by atoms with van der Waals surface area (Å²) < 4.78 is 0. The number of rotatable bonds is 6. The van der Waals surface area contributed by atoms with Gasteiger partial charge in [0.15, 0.2) is 0 Å². The Morgan fingerprint density at radius 2 is 1.89 bits per heavy atom. The average molecular weight is 248 g/mol. The molecule has 0 spiro atoms. The third kappa shape index (κ3) is 3.33. The largest absolute Gasteiger partial charge is 0.351 e. The van der Waals surface area contributed by atoms with E-state index in [0.29, 0.717) is 13.1 Å². The Morgan fingerprint density at radius 1 is 1.28 bits per heavy atom. The molecule has 0 bridgehead atoms. The molecular weight excluding hydrogens is 224 g/mol. The first kappa shape index (κ1) is 14.7. The van der Waals surface area contributed by atoms with Gasteiger partial charge in [-0.25, -0.2) is 0 Å². The van der Waals surface area contributed by atoms with Gasteiger partial charge in [0, 0.05) is 12.1 Å². The Balaban J connectivity index is 2.69. The molecule has 0 aliphatic heterocycles. The predicted octanol–water partition coefficient (Wildman–Crippen LogP) is 2.49. The first-order chi connectivity index (χ1) is 8.58. The van der Waals surface area contributed by atoms with Crippen LogP contribution < -0.4 is 11.1 Å². The topological polar surface area (TPSA) is 55.1 Å². The third-order valence-corrected chi connectivity index (χ3v) is 3.95. The normalized spacial score (nSPS) is 11.3. The van der Waals surface area contributed by atoms with Gasteiger partial charge in [0.05, 0.1) is 0 Å². The van der Waals surface area contributed by atoms with Gasteiger partial charge in [-0.15, -0.1) is 0 Å². The monoisotopic (exact) mass is 248 g/mol. The van der Waals surface area contributed by atoms with Crippen molar-refractivity contribution in [3.05, 3.63) is 35.4 Å². The molecule has 100 valence electrons. The molecule has 1 amide bonds. The summed E-state index contributed by atoms with van der Waals surface area (Å²) >= 11 is 0. The van der Waals surface area contributed by atoms with Crippen molar-refractivity contribution in [2.45, 2.75) is 33.6 Å². The number of carbonyl (C=O) groups is 1. The van der Waals surface area contributed by atoms with E-state index >= 15 is 0 Å². The van der Waals surface area contributed by atoms with Crippen LogP contribution >= 0.6 is 0 Å². The number of carbonyl (C=O) groups excluding carboxylic acids is 1. The van der Waals surface area contributed by atoms with Crippen LogP contribution in [0, 0.1) is 12.3 Å². The van der Waals surface area contributed by atoms with E-state index < -0.39 is 0 Å². The van der Waals surface area contributed by atoms with Crippen molar-refractivity contribution in [2.24, 2.45) is 11.1 Å². The molecule has 18 heavy (non-hydrogen) atoms. The van der Waals surface area contributed by atoms with Gasteiger partial charge < -0.3 is 11.1 Å². The minimum absolute atomic E-state index is 0.00664. The lowest BCUT2D eigenvalue weighted by atomic mass is 9.82. The fourth-order valence-corrected chi connectivity index (χ4v) is 2.05. The number of hydrogen-bond acceptors (Lipinski definition) is 2. The molecule has 0 aromatic heterocycles. The molecule has 0 saturated heterocycles. The Labute approximate surface area is 110 Å². The Bertz CT molecular complexity index is 389. The van der Waals surface area contributed by atoms with Crippen molar-refractivity contribution in [3.8, 4) is 0 Å². The lowest BCUT2D eigenvalue weighted by Gasteiger charge is -2.30. The molecule has 0 unspecified atom stereocenters. The van der Waals surface area contributed by atoms with Crippen LogP contribution in [0.4, 0.5) is 0 Å². The summed E-state index contributed by atoms with van der Waals surface area (Å²) in [5.41, 5.74) is 7.61. The van der Waals surface area contributed by atoms with Crippen LogP contribution in [0.2, 0.25) is 0 Å². The second-order valence-electron chi connectivity index (χ2n) is 4.91. The SMILES string of the molecule is CCC(CC)(CN)CNC(=O)c1ccccc1C. The van der Waals surface area contributed by atoms with Crippen LogP contribution in [0.1, 0.15) is 42.6 Å². The van der Waals surface area contributed by atoms with E-state index in [1.807, 2.05) is 31.2 Å². The highest BCUT2D eigenvalue weighted by Gasteiger charge is 2.25. The minimum Gasteiger partial charge on any atom is -0.351 e. The highest BCUT2D eigenvalue weighted by molar-refractivity contribution is 5.95. The first-order valence-corrected chi connectivity index (χ1v) is 6.62. The number of nitrogens with one attached hydrogen (secondary N) is 1. The summed E-state index contributed by atoms with van der Waals surface area (Å²) in [5, 5.41) is 3.01. The molecule has 3 N–H and O–H groups in total. The van der Waals surface area contributed by atoms with Crippen molar-refractivity contribution >= 4 is 5.91 Å². The van der Waals surface area contributed by atoms with Crippen molar-refractivity contribution in [3.63, 3.8) is 0 Å². The fraction of sp³-hybridized carbons (Fsp3) is 0.533. The standard InChI is InChI=1S/C15H24N2O/c1-4-15(5-2,10-16)11-17-14(18)13-9-7-6-8-12(13)3/h6-9H,4-5,10-11,16H2,1-3H3,(H,17,18). The zero-order valence-electron chi connectivity index (χ0n) is 11.6. The zero-order chi connectivity index (χ0) is 13.6. The van der Waals surface area contributed by atoms with Crippen molar-refractivity contribution in [1.82, 2.24) is 5.32 Å². The lowest BCUT2D eigenvalue weighted by molar-refractivity contribution is 0.0927. The summed E-state index contributed by atoms with van der Waals surface area (Å²) in [4.78, 5) is 12.1.